The summed E-state index contributed by atoms with van der Waals surface area (Å²) in [4.78, 5) is 4.41. The standard InChI is InChI=1S/C23H29F2N3O3.3ClH/c24-17-3-1-16(2-4-17)13-26-14-20-22(23(30)21(15-29)31-20)28-11-9-27(10-12-28)19-7-5-18(25)6-8-19;;;/h1-8,20-23,26,29-30H,9-15H2;3*1H/t20-,21+,22+,23-;;;/m1.../s1. The molecular formula is C23H32Cl3F2N3O3. The van der Waals surface area contributed by atoms with Crippen molar-refractivity contribution in [3.8, 4) is 0 Å². The van der Waals surface area contributed by atoms with Crippen molar-refractivity contribution in [3.05, 3.63) is 65.7 Å². The lowest BCUT2D eigenvalue weighted by molar-refractivity contribution is -0.0213. The van der Waals surface area contributed by atoms with E-state index >= 15 is 0 Å². The topological polar surface area (TPSA) is 68.2 Å². The molecule has 11 heteroatoms. The van der Waals surface area contributed by atoms with E-state index in [0.717, 1.165) is 37.4 Å². The molecule has 0 unspecified atom stereocenters. The number of hydrogen-bond donors (Lipinski definition) is 3. The number of hydrogen-bond acceptors (Lipinski definition) is 6. The van der Waals surface area contributed by atoms with Gasteiger partial charge in [0.1, 0.15) is 23.8 Å². The third-order valence-electron chi connectivity index (χ3n) is 6.16. The maximum atomic E-state index is 13.2. The van der Waals surface area contributed by atoms with Crippen LogP contribution in [-0.2, 0) is 11.3 Å². The van der Waals surface area contributed by atoms with Crippen molar-refractivity contribution in [2.75, 3.05) is 44.2 Å². The average molecular weight is 543 g/mol. The highest BCUT2D eigenvalue weighted by molar-refractivity contribution is 5.86. The minimum absolute atomic E-state index is 0. The van der Waals surface area contributed by atoms with Crippen LogP contribution in [0.25, 0.3) is 0 Å². The van der Waals surface area contributed by atoms with E-state index in [1.807, 2.05) is 0 Å². The highest BCUT2D eigenvalue weighted by atomic mass is 35.5. The first-order chi connectivity index (χ1) is 15.0. The van der Waals surface area contributed by atoms with E-state index in [-0.39, 0.29) is 67.6 Å². The van der Waals surface area contributed by atoms with E-state index in [1.165, 1.54) is 24.3 Å². The summed E-state index contributed by atoms with van der Waals surface area (Å²) < 4.78 is 32.2. The molecule has 6 nitrogen and oxygen atoms in total. The first-order valence-corrected chi connectivity index (χ1v) is 10.7. The van der Waals surface area contributed by atoms with Crippen molar-refractivity contribution in [2.45, 2.75) is 30.9 Å². The minimum atomic E-state index is -0.778. The molecule has 0 saturated carbocycles. The van der Waals surface area contributed by atoms with Gasteiger partial charge in [-0.25, -0.2) is 8.78 Å². The molecule has 0 radical (unpaired) electrons. The fourth-order valence-corrected chi connectivity index (χ4v) is 4.49. The quantitative estimate of drug-likeness (QED) is 0.500. The lowest BCUT2D eigenvalue weighted by atomic mass is 10.0. The fraction of sp³-hybridized carbons (Fsp3) is 0.478. The van der Waals surface area contributed by atoms with Gasteiger partial charge >= 0.3 is 0 Å². The van der Waals surface area contributed by atoms with Crippen molar-refractivity contribution in [3.63, 3.8) is 0 Å². The molecule has 0 amide bonds. The molecule has 0 bridgehead atoms. The van der Waals surface area contributed by atoms with Crippen LogP contribution in [0.1, 0.15) is 5.56 Å². The predicted octanol–water partition coefficient (Wildman–Crippen LogP) is 2.63. The van der Waals surface area contributed by atoms with Crippen molar-refractivity contribution >= 4 is 42.9 Å². The van der Waals surface area contributed by atoms with Crippen LogP contribution in [0.5, 0.6) is 0 Å². The maximum Gasteiger partial charge on any atom is 0.123 e. The van der Waals surface area contributed by atoms with Crippen molar-refractivity contribution in [1.29, 1.82) is 0 Å². The van der Waals surface area contributed by atoms with Crippen LogP contribution in [0.4, 0.5) is 14.5 Å². The van der Waals surface area contributed by atoms with Crippen LogP contribution >= 0.6 is 37.2 Å². The molecule has 3 N–H and O–H groups in total. The van der Waals surface area contributed by atoms with Gasteiger partial charge in [0.25, 0.3) is 0 Å². The van der Waals surface area contributed by atoms with Crippen LogP contribution in [0.15, 0.2) is 48.5 Å². The van der Waals surface area contributed by atoms with Crippen LogP contribution < -0.4 is 10.2 Å². The van der Waals surface area contributed by atoms with Gasteiger partial charge in [-0.05, 0) is 42.0 Å². The molecule has 4 atom stereocenters. The molecule has 34 heavy (non-hydrogen) atoms. The molecule has 2 aliphatic heterocycles. The van der Waals surface area contributed by atoms with E-state index in [2.05, 4.69) is 15.1 Å². The largest absolute Gasteiger partial charge is 0.394 e. The molecule has 2 heterocycles. The highest BCUT2D eigenvalue weighted by Gasteiger charge is 2.46. The number of benzene rings is 2. The summed E-state index contributed by atoms with van der Waals surface area (Å²) in [5.41, 5.74) is 1.94. The third-order valence-corrected chi connectivity index (χ3v) is 6.16. The molecule has 2 aliphatic rings. The predicted molar refractivity (Wildman–Crippen MR) is 136 cm³/mol. The number of rotatable bonds is 7. The molecular weight excluding hydrogens is 511 g/mol. The Morgan fingerprint density at radius 2 is 1.41 bits per heavy atom. The van der Waals surface area contributed by atoms with Gasteiger partial charge in [-0.3, -0.25) is 4.90 Å². The smallest absolute Gasteiger partial charge is 0.123 e. The van der Waals surface area contributed by atoms with Crippen LogP contribution in [0.3, 0.4) is 0 Å². The number of nitrogens with zero attached hydrogens (tertiary/aromatic N) is 2. The highest BCUT2D eigenvalue weighted by Crippen LogP contribution is 2.27. The summed E-state index contributed by atoms with van der Waals surface area (Å²) in [6.07, 6.45) is -1.66. The molecule has 0 spiro atoms. The van der Waals surface area contributed by atoms with Gasteiger partial charge in [0, 0.05) is 45.0 Å². The molecule has 192 valence electrons. The molecule has 2 saturated heterocycles. The summed E-state index contributed by atoms with van der Waals surface area (Å²) in [6.45, 7) is 3.81. The monoisotopic (exact) mass is 541 g/mol. The summed E-state index contributed by atoms with van der Waals surface area (Å²) in [6, 6.07) is 12.6. The van der Waals surface area contributed by atoms with Crippen LogP contribution in [0, 0.1) is 11.6 Å². The first-order valence-electron chi connectivity index (χ1n) is 10.7. The number of aliphatic hydroxyl groups excluding tert-OH is 2. The van der Waals surface area contributed by atoms with E-state index in [0.29, 0.717) is 13.1 Å². The normalized spacial score (nSPS) is 24.6. The zero-order chi connectivity index (χ0) is 21.8. The van der Waals surface area contributed by atoms with E-state index < -0.39 is 12.2 Å². The number of aliphatic hydroxyl groups is 2. The number of ether oxygens (including phenoxy) is 1. The zero-order valence-electron chi connectivity index (χ0n) is 18.6. The third kappa shape index (κ3) is 7.38. The number of anilines is 1. The summed E-state index contributed by atoms with van der Waals surface area (Å²) in [5.74, 6) is -0.517. The summed E-state index contributed by atoms with van der Waals surface area (Å²) in [7, 11) is 0. The van der Waals surface area contributed by atoms with Gasteiger partial charge in [-0.15, -0.1) is 37.2 Å². The SMILES string of the molecule is Cl.Cl.Cl.OC[C@@H]1O[C@H](CNCc2ccc(F)cc2)[C@H](N2CCN(c3ccc(F)cc3)CC2)[C@@H]1O. The van der Waals surface area contributed by atoms with Gasteiger partial charge in [0.05, 0.1) is 18.8 Å². The first kappa shape index (κ1) is 30.8. The van der Waals surface area contributed by atoms with Crippen molar-refractivity contribution in [1.82, 2.24) is 10.2 Å². The lowest BCUT2D eigenvalue weighted by Gasteiger charge is -2.41. The Labute approximate surface area is 217 Å². The maximum absolute atomic E-state index is 13.2. The van der Waals surface area contributed by atoms with Crippen molar-refractivity contribution < 1.29 is 23.7 Å². The van der Waals surface area contributed by atoms with Crippen LogP contribution in [-0.4, -0.2) is 78.8 Å². The minimum Gasteiger partial charge on any atom is -0.394 e. The Morgan fingerprint density at radius 3 is 1.97 bits per heavy atom. The second kappa shape index (κ2) is 14.4. The number of piperazine rings is 1. The Kier molecular flexibility index (Phi) is 13.0. The molecule has 2 aromatic carbocycles. The van der Waals surface area contributed by atoms with Gasteiger partial charge < -0.3 is 25.2 Å². The van der Waals surface area contributed by atoms with E-state index in [9.17, 15) is 19.0 Å². The second-order valence-electron chi connectivity index (χ2n) is 8.13. The molecule has 2 aromatic rings. The summed E-state index contributed by atoms with van der Waals surface area (Å²) in [5, 5.41) is 23.7. The molecule has 2 fully saturated rings. The number of halogens is 5. The Bertz CT molecular complexity index is 844. The molecule has 4 rings (SSSR count). The van der Waals surface area contributed by atoms with Gasteiger partial charge in [-0.2, -0.15) is 0 Å². The van der Waals surface area contributed by atoms with E-state index in [4.69, 9.17) is 4.74 Å². The Balaban J connectivity index is 0.00000193. The molecule has 0 aliphatic carbocycles. The Morgan fingerprint density at radius 1 is 0.853 bits per heavy atom. The lowest BCUT2D eigenvalue weighted by Crippen LogP contribution is -2.57. The van der Waals surface area contributed by atoms with Crippen LogP contribution in [0.2, 0.25) is 0 Å². The zero-order valence-corrected chi connectivity index (χ0v) is 21.0. The van der Waals surface area contributed by atoms with Gasteiger partial charge in [-0.1, -0.05) is 12.1 Å². The number of nitrogens with one attached hydrogen (secondary N) is 1. The second-order valence-corrected chi connectivity index (χ2v) is 8.13. The fourth-order valence-electron chi connectivity index (χ4n) is 4.49. The molecule has 0 aromatic heterocycles. The van der Waals surface area contributed by atoms with Crippen molar-refractivity contribution in [2.24, 2.45) is 0 Å². The average Bonchev–Trinajstić information content (AvgIpc) is 3.11. The summed E-state index contributed by atoms with van der Waals surface area (Å²) >= 11 is 0. The Hall–Kier alpha value is -1.23. The van der Waals surface area contributed by atoms with Gasteiger partial charge in [0.15, 0.2) is 0 Å². The van der Waals surface area contributed by atoms with E-state index in [1.54, 1.807) is 24.3 Å². The van der Waals surface area contributed by atoms with Gasteiger partial charge in [0.2, 0.25) is 0 Å².